The van der Waals surface area contributed by atoms with Crippen LogP contribution < -0.4 is 15.2 Å². The highest BCUT2D eigenvalue weighted by Gasteiger charge is 2.19. The van der Waals surface area contributed by atoms with E-state index < -0.39 is 5.91 Å². The lowest BCUT2D eigenvalue weighted by atomic mass is 9.90. The van der Waals surface area contributed by atoms with Crippen LogP contribution in [0.25, 0.3) is 0 Å². The van der Waals surface area contributed by atoms with Gasteiger partial charge in [-0.3, -0.25) is 9.69 Å². The van der Waals surface area contributed by atoms with Gasteiger partial charge in [0.2, 0.25) is 5.91 Å². The molecule has 0 spiro atoms. The van der Waals surface area contributed by atoms with Crippen LogP contribution in [0.3, 0.4) is 0 Å². The molecule has 4 aromatic rings. The molecule has 0 atom stereocenters. The largest absolute Gasteiger partial charge is 0.508 e. The van der Waals surface area contributed by atoms with Gasteiger partial charge in [0.1, 0.15) is 5.75 Å². The van der Waals surface area contributed by atoms with Crippen LogP contribution in [0.15, 0.2) is 103 Å². The van der Waals surface area contributed by atoms with Gasteiger partial charge in [0.05, 0.1) is 13.7 Å². The van der Waals surface area contributed by atoms with Crippen molar-refractivity contribution in [1.29, 1.82) is 0 Å². The van der Waals surface area contributed by atoms with E-state index >= 15 is 0 Å². The number of carbonyl (C=O) groups excluding carboxylic acids is 1. The van der Waals surface area contributed by atoms with E-state index in [1.807, 2.05) is 24.3 Å². The van der Waals surface area contributed by atoms with Crippen molar-refractivity contribution in [2.45, 2.75) is 18.9 Å². The molecule has 1 amide bonds. The van der Waals surface area contributed by atoms with Gasteiger partial charge in [0.15, 0.2) is 11.5 Å². The van der Waals surface area contributed by atoms with Gasteiger partial charge >= 0.3 is 0 Å². The molecule has 0 aliphatic rings. The second-order valence-corrected chi connectivity index (χ2v) is 9.21. The molecule has 4 aromatic carbocycles. The monoisotopic (exact) mass is 510 g/mol. The van der Waals surface area contributed by atoms with Gasteiger partial charge in [-0.2, -0.15) is 0 Å². The molecular weight excluding hydrogens is 476 g/mol. The second-order valence-electron chi connectivity index (χ2n) is 9.21. The number of amides is 1. The third-order valence-electron chi connectivity index (χ3n) is 6.51. The summed E-state index contributed by atoms with van der Waals surface area (Å²) in [6, 6.07) is 33.4. The normalized spacial score (nSPS) is 11.0. The summed E-state index contributed by atoms with van der Waals surface area (Å²) in [5, 5.41) is 9.74. The van der Waals surface area contributed by atoms with E-state index in [9.17, 15) is 9.90 Å². The molecule has 0 bridgehead atoms. The third-order valence-corrected chi connectivity index (χ3v) is 6.51. The maximum Gasteiger partial charge on any atom is 0.248 e. The molecule has 0 unspecified atom stereocenters. The van der Waals surface area contributed by atoms with Gasteiger partial charge in [-0.1, -0.05) is 72.8 Å². The maximum atomic E-state index is 11.6. The summed E-state index contributed by atoms with van der Waals surface area (Å²) < 4.78 is 11.4. The van der Waals surface area contributed by atoms with E-state index in [4.69, 9.17) is 15.2 Å². The number of carbonyl (C=O) groups is 1. The molecule has 0 fully saturated rings. The van der Waals surface area contributed by atoms with Crippen molar-refractivity contribution in [2.75, 3.05) is 26.8 Å². The smallest absolute Gasteiger partial charge is 0.248 e. The molecule has 0 aliphatic heterocycles. The number of rotatable bonds is 13. The summed E-state index contributed by atoms with van der Waals surface area (Å²) in [4.78, 5) is 14.0. The average molecular weight is 511 g/mol. The Morgan fingerprint density at radius 2 is 1.50 bits per heavy atom. The lowest BCUT2D eigenvalue weighted by molar-refractivity contribution is 0.0999. The predicted molar refractivity (Wildman–Crippen MR) is 150 cm³/mol. The second kappa shape index (κ2) is 13.3. The van der Waals surface area contributed by atoms with Crippen molar-refractivity contribution in [3.8, 4) is 17.2 Å². The highest BCUT2D eigenvalue weighted by Crippen LogP contribution is 2.29. The summed E-state index contributed by atoms with van der Waals surface area (Å²) in [5.41, 5.74) is 9.46. The number of primary amides is 1. The minimum Gasteiger partial charge on any atom is -0.508 e. The Morgan fingerprint density at radius 1 is 0.868 bits per heavy atom. The summed E-state index contributed by atoms with van der Waals surface area (Å²) >= 11 is 0. The van der Waals surface area contributed by atoms with Crippen molar-refractivity contribution in [2.24, 2.45) is 5.73 Å². The predicted octanol–water partition coefficient (Wildman–Crippen LogP) is 5.60. The Bertz CT molecular complexity index is 1250. The number of benzene rings is 4. The number of phenols is 1. The quantitative estimate of drug-likeness (QED) is 0.229. The first-order valence-electron chi connectivity index (χ1n) is 12.7. The van der Waals surface area contributed by atoms with Crippen LogP contribution in [-0.4, -0.2) is 42.7 Å². The van der Waals surface area contributed by atoms with Crippen molar-refractivity contribution in [3.63, 3.8) is 0 Å². The van der Waals surface area contributed by atoms with Gasteiger partial charge in [-0.25, -0.2) is 0 Å². The third kappa shape index (κ3) is 7.37. The number of hydrogen-bond donors (Lipinski definition) is 2. The van der Waals surface area contributed by atoms with Crippen LogP contribution in [0.5, 0.6) is 17.2 Å². The Morgan fingerprint density at radius 3 is 2.08 bits per heavy atom. The maximum absolute atomic E-state index is 11.6. The van der Waals surface area contributed by atoms with Crippen molar-refractivity contribution < 1.29 is 19.4 Å². The van der Waals surface area contributed by atoms with E-state index in [0.29, 0.717) is 23.7 Å². The molecule has 0 heterocycles. The molecule has 0 saturated heterocycles. The summed E-state index contributed by atoms with van der Waals surface area (Å²) in [6.07, 6.45) is 0.762. The number of methoxy groups -OCH3 is 1. The Balaban J connectivity index is 1.50. The fourth-order valence-electron chi connectivity index (χ4n) is 4.54. The van der Waals surface area contributed by atoms with E-state index in [-0.39, 0.29) is 11.7 Å². The fourth-order valence-corrected chi connectivity index (χ4v) is 4.54. The fraction of sp³-hybridized carbons (Fsp3) is 0.219. The Labute approximate surface area is 224 Å². The number of hydrogen-bond acceptors (Lipinski definition) is 5. The summed E-state index contributed by atoms with van der Waals surface area (Å²) in [6.45, 7) is 2.78. The molecular formula is C32H34N2O4. The van der Waals surface area contributed by atoms with Crippen molar-refractivity contribution in [3.05, 3.63) is 125 Å². The highest BCUT2D eigenvalue weighted by atomic mass is 16.5. The van der Waals surface area contributed by atoms with Crippen LogP contribution in [0.2, 0.25) is 0 Å². The first-order chi connectivity index (χ1) is 18.5. The number of ether oxygens (including phenoxy) is 2. The minimum atomic E-state index is -0.509. The van der Waals surface area contributed by atoms with Gasteiger partial charge in [0, 0.05) is 31.1 Å². The van der Waals surface area contributed by atoms with Crippen LogP contribution in [0.1, 0.15) is 39.4 Å². The zero-order valence-corrected chi connectivity index (χ0v) is 21.6. The van der Waals surface area contributed by atoms with E-state index in [1.54, 1.807) is 37.4 Å². The molecule has 0 aliphatic carbocycles. The molecule has 0 saturated carbocycles. The minimum absolute atomic E-state index is 0.197. The van der Waals surface area contributed by atoms with Crippen molar-refractivity contribution in [1.82, 2.24) is 4.90 Å². The van der Waals surface area contributed by atoms with Gasteiger partial charge in [0.25, 0.3) is 0 Å². The van der Waals surface area contributed by atoms with Gasteiger partial charge < -0.3 is 20.3 Å². The molecule has 38 heavy (non-hydrogen) atoms. The topological polar surface area (TPSA) is 85.0 Å². The number of nitrogens with zero attached hydrogens (tertiary/aromatic N) is 1. The zero-order valence-electron chi connectivity index (χ0n) is 21.6. The SMILES string of the molecule is COc1ccc(C(N)=O)cc1OCCCN(Cc1ccc(O)cc1)CC(c1ccccc1)c1ccccc1. The molecule has 3 N–H and O–H groups in total. The first-order valence-corrected chi connectivity index (χ1v) is 12.7. The standard InChI is InChI=1S/C32H34N2O4/c1-37-30-18-15-27(32(33)36)21-31(30)38-20-8-19-34(22-24-13-16-28(35)17-14-24)23-29(25-9-4-2-5-10-25)26-11-6-3-7-12-26/h2-7,9-18,21,29,35H,8,19-20,22-23H2,1H3,(H2,33,36). The van der Waals surface area contributed by atoms with Crippen molar-refractivity contribution >= 4 is 5.91 Å². The molecule has 4 rings (SSSR count). The first kappa shape index (κ1) is 26.8. The van der Waals surface area contributed by atoms with Crippen LogP contribution in [0, 0.1) is 0 Å². The number of nitrogens with two attached hydrogens (primary N) is 1. The van der Waals surface area contributed by atoms with E-state index in [1.165, 1.54) is 11.1 Å². The zero-order chi connectivity index (χ0) is 26.7. The van der Waals surface area contributed by atoms with Crippen LogP contribution in [-0.2, 0) is 6.54 Å². The number of phenolic OH excluding ortho intramolecular Hbond substituents is 1. The van der Waals surface area contributed by atoms with E-state index in [2.05, 4.69) is 53.4 Å². The Hall–Kier alpha value is -4.29. The van der Waals surface area contributed by atoms with Crippen LogP contribution in [0.4, 0.5) is 0 Å². The van der Waals surface area contributed by atoms with E-state index in [0.717, 1.165) is 31.6 Å². The average Bonchev–Trinajstić information content (AvgIpc) is 2.95. The summed E-state index contributed by atoms with van der Waals surface area (Å²) in [5.74, 6) is 1.00. The lowest BCUT2D eigenvalue weighted by Crippen LogP contribution is -2.30. The van der Waals surface area contributed by atoms with Crippen LogP contribution >= 0.6 is 0 Å². The lowest BCUT2D eigenvalue weighted by Gasteiger charge is -2.28. The molecule has 196 valence electrons. The molecule has 6 nitrogen and oxygen atoms in total. The number of aromatic hydroxyl groups is 1. The molecule has 0 radical (unpaired) electrons. The highest BCUT2D eigenvalue weighted by molar-refractivity contribution is 5.93. The van der Waals surface area contributed by atoms with Gasteiger partial charge in [-0.15, -0.1) is 0 Å². The summed E-state index contributed by atoms with van der Waals surface area (Å²) in [7, 11) is 1.57. The molecule has 0 aromatic heterocycles. The Kier molecular flexibility index (Phi) is 9.37. The van der Waals surface area contributed by atoms with Gasteiger partial charge in [-0.05, 0) is 53.4 Å². The molecule has 6 heteroatoms.